The summed E-state index contributed by atoms with van der Waals surface area (Å²) in [6, 6.07) is 22.9. The molecule has 2 aliphatic rings. The summed E-state index contributed by atoms with van der Waals surface area (Å²) in [6.45, 7) is 4.64. The SMILES string of the molecule is COC(=O)N[C@H](C(=O)N1CCC[C@H]1C(=O)Nc1ccc(-c2ccc3cc(NC(=O)[C@@H]4CCCN4C(=O)Cc4ccccc4)ccc3c2)cn1)C(C)C. The van der Waals surface area contributed by atoms with Gasteiger partial charge in [-0.15, -0.1) is 0 Å². The van der Waals surface area contributed by atoms with Gasteiger partial charge in [-0.1, -0.05) is 62.4 Å². The number of fused-ring (bicyclic) bond motifs is 1. The molecule has 6 rings (SSSR count). The number of carbonyl (C=O) groups is 5. The Hall–Kier alpha value is -5.78. The minimum atomic E-state index is -0.809. The first kappa shape index (κ1) is 36.0. The first-order valence-corrected chi connectivity index (χ1v) is 17.7. The van der Waals surface area contributed by atoms with Crippen LogP contribution in [0.5, 0.6) is 0 Å². The first-order valence-electron chi connectivity index (χ1n) is 17.7. The van der Waals surface area contributed by atoms with Crippen LogP contribution in [-0.2, 0) is 30.3 Å². The van der Waals surface area contributed by atoms with Crippen molar-refractivity contribution in [1.29, 1.82) is 0 Å². The Morgan fingerprint density at radius 3 is 2.13 bits per heavy atom. The second-order valence-electron chi connectivity index (χ2n) is 13.6. The molecule has 2 aliphatic heterocycles. The second kappa shape index (κ2) is 16.1. The van der Waals surface area contributed by atoms with Crippen LogP contribution in [0.3, 0.4) is 0 Å². The number of nitrogens with one attached hydrogen (secondary N) is 3. The molecule has 0 saturated carbocycles. The average Bonchev–Trinajstić information content (AvgIpc) is 3.85. The van der Waals surface area contributed by atoms with Gasteiger partial charge in [-0.25, -0.2) is 9.78 Å². The van der Waals surface area contributed by atoms with Gasteiger partial charge in [0.1, 0.15) is 23.9 Å². The maximum Gasteiger partial charge on any atom is 0.407 e. The van der Waals surface area contributed by atoms with Crippen molar-refractivity contribution in [3.05, 3.63) is 90.6 Å². The van der Waals surface area contributed by atoms with Crippen molar-refractivity contribution in [2.24, 2.45) is 5.92 Å². The molecule has 0 bridgehead atoms. The molecule has 12 heteroatoms. The van der Waals surface area contributed by atoms with E-state index in [0.717, 1.165) is 33.9 Å². The van der Waals surface area contributed by atoms with Crippen LogP contribution in [0.1, 0.15) is 45.1 Å². The van der Waals surface area contributed by atoms with E-state index in [1.807, 2.05) is 86.6 Å². The molecule has 270 valence electrons. The van der Waals surface area contributed by atoms with Gasteiger partial charge in [0.15, 0.2) is 0 Å². The van der Waals surface area contributed by atoms with Gasteiger partial charge < -0.3 is 30.5 Å². The van der Waals surface area contributed by atoms with E-state index < -0.39 is 24.2 Å². The summed E-state index contributed by atoms with van der Waals surface area (Å²) >= 11 is 0. The zero-order valence-electron chi connectivity index (χ0n) is 29.6. The number of anilines is 2. The molecule has 3 N–H and O–H groups in total. The van der Waals surface area contributed by atoms with E-state index in [9.17, 15) is 24.0 Å². The fourth-order valence-corrected chi connectivity index (χ4v) is 6.97. The molecule has 1 aromatic heterocycles. The van der Waals surface area contributed by atoms with Crippen LogP contribution in [-0.4, -0.2) is 82.8 Å². The Labute approximate surface area is 302 Å². The van der Waals surface area contributed by atoms with Crippen molar-refractivity contribution >= 4 is 52.0 Å². The highest BCUT2D eigenvalue weighted by molar-refractivity contribution is 6.00. The lowest BCUT2D eigenvalue weighted by Crippen LogP contribution is -2.54. The lowest BCUT2D eigenvalue weighted by Gasteiger charge is -2.30. The van der Waals surface area contributed by atoms with Crippen LogP contribution in [0.4, 0.5) is 16.3 Å². The summed E-state index contributed by atoms with van der Waals surface area (Å²) in [4.78, 5) is 72.5. The van der Waals surface area contributed by atoms with Crippen LogP contribution in [0, 0.1) is 5.92 Å². The number of likely N-dealkylation sites (tertiary alicyclic amines) is 2. The third kappa shape index (κ3) is 8.22. The van der Waals surface area contributed by atoms with Gasteiger partial charge >= 0.3 is 6.09 Å². The summed E-state index contributed by atoms with van der Waals surface area (Å²) < 4.78 is 4.68. The van der Waals surface area contributed by atoms with Crippen LogP contribution < -0.4 is 16.0 Å². The summed E-state index contributed by atoms with van der Waals surface area (Å²) in [5, 5.41) is 10.4. The number of aromatic nitrogens is 1. The number of hydrogen-bond acceptors (Lipinski definition) is 7. The molecule has 0 spiro atoms. The Bertz CT molecular complexity index is 1950. The molecule has 52 heavy (non-hydrogen) atoms. The predicted octanol–water partition coefficient (Wildman–Crippen LogP) is 5.38. The van der Waals surface area contributed by atoms with Crippen molar-refractivity contribution in [2.75, 3.05) is 30.8 Å². The quantitative estimate of drug-likeness (QED) is 0.201. The molecule has 3 atom stereocenters. The second-order valence-corrected chi connectivity index (χ2v) is 13.6. The molecule has 0 radical (unpaired) electrons. The zero-order chi connectivity index (χ0) is 36.8. The molecular formula is C40H44N6O6. The normalized spacial score (nSPS) is 17.5. The van der Waals surface area contributed by atoms with Crippen molar-refractivity contribution < 1.29 is 28.7 Å². The summed E-state index contributed by atoms with van der Waals surface area (Å²) in [6.07, 6.45) is 3.86. The molecule has 0 aliphatic carbocycles. The molecule has 3 aromatic carbocycles. The number of ether oxygens (including phenoxy) is 1. The van der Waals surface area contributed by atoms with E-state index in [0.29, 0.717) is 43.9 Å². The van der Waals surface area contributed by atoms with Crippen LogP contribution in [0.15, 0.2) is 85.1 Å². The molecule has 0 unspecified atom stereocenters. The van der Waals surface area contributed by atoms with Gasteiger partial charge in [0.25, 0.3) is 0 Å². The molecule has 3 heterocycles. The van der Waals surface area contributed by atoms with Gasteiger partial charge in [-0.3, -0.25) is 19.2 Å². The lowest BCUT2D eigenvalue weighted by molar-refractivity contribution is -0.139. The highest BCUT2D eigenvalue weighted by Crippen LogP contribution is 2.28. The van der Waals surface area contributed by atoms with Crippen molar-refractivity contribution in [3.63, 3.8) is 0 Å². The van der Waals surface area contributed by atoms with Crippen LogP contribution in [0.25, 0.3) is 21.9 Å². The third-order valence-corrected chi connectivity index (χ3v) is 9.76. The minimum absolute atomic E-state index is 0.0432. The Kier molecular flexibility index (Phi) is 11.1. The number of methoxy groups -OCH3 is 1. The van der Waals surface area contributed by atoms with Gasteiger partial charge in [0.05, 0.1) is 13.5 Å². The standard InChI is InChI=1S/C40H44N6O6/c1-25(2)36(44-40(51)52-3)39(50)46-20-8-12-33(46)38(49)43-34-18-16-30(24-41-34)28-13-14-29-23-31(17-15-27(29)22-28)42-37(48)32-11-7-19-45(32)35(47)21-26-9-5-4-6-10-26/h4-6,9-10,13-18,22-25,32-33,36H,7-8,11-12,19-21H2,1-3H3,(H,42,48)(H,44,51)(H,41,43,49)/t32-,33-,36-/m0/s1. The average molecular weight is 705 g/mol. The summed E-state index contributed by atoms with van der Waals surface area (Å²) in [5.74, 6) is -0.711. The molecule has 2 fully saturated rings. The highest BCUT2D eigenvalue weighted by Gasteiger charge is 2.39. The van der Waals surface area contributed by atoms with Crippen molar-refractivity contribution in [3.8, 4) is 11.1 Å². The van der Waals surface area contributed by atoms with E-state index in [4.69, 9.17) is 0 Å². The van der Waals surface area contributed by atoms with Gasteiger partial charge in [-0.2, -0.15) is 0 Å². The number of amides is 5. The number of alkyl carbamates (subject to hydrolysis) is 1. The number of nitrogens with zero attached hydrogens (tertiary/aromatic N) is 3. The number of hydrogen-bond donors (Lipinski definition) is 3. The van der Waals surface area contributed by atoms with Crippen LogP contribution >= 0.6 is 0 Å². The van der Waals surface area contributed by atoms with E-state index in [1.54, 1.807) is 17.2 Å². The van der Waals surface area contributed by atoms with Gasteiger partial charge in [0.2, 0.25) is 23.6 Å². The Morgan fingerprint density at radius 1 is 0.788 bits per heavy atom. The number of carbonyl (C=O) groups excluding carboxylic acids is 5. The van der Waals surface area contributed by atoms with Gasteiger partial charge in [-0.05, 0) is 83.8 Å². The summed E-state index contributed by atoms with van der Waals surface area (Å²) in [5.41, 5.74) is 3.37. The first-order chi connectivity index (χ1) is 25.1. The third-order valence-electron chi connectivity index (χ3n) is 9.76. The monoisotopic (exact) mass is 704 g/mol. The number of pyridine rings is 1. The van der Waals surface area contributed by atoms with Crippen LogP contribution in [0.2, 0.25) is 0 Å². The fraction of sp³-hybridized carbons (Fsp3) is 0.350. The van der Waals surface area contributed by atoms with E-state index >= 15 is 0 Å². The zero-order valence-corrected chi connectivity index (χ0v) is 29.6. The molecular weight excluding hydrogens is 660 g/mol. The number of rotatable bonds is 10. The predicted molar refractivity (Wildman–Crippen MR) is 198 cm³/mol. The van der Waals surface area contributed by atoms with Crippen molar-refractivity contribution in [2.45, 2.75) is 64.1 Å². The van der Waals surface area contributed by atoms with E-state index in [2.05, 4.69) is 25.7 Å². The fourth-order valence-electron chi connectivity index (χ4n) is 6.97. The molecule has 2 saturated heterocycles. The van der Waals surface area contributed by atoms with E-state index in [-0.39, 0.29) is 36.0 Å². The lowest BCUT2D eigenvalue weighted by atomic mass is 10.0. The number of benzene rings is 3. The molecule has 4 aromatic rings. The van der Waals surface area contributed by atoms with E-state index in [1.165, 1.54) is 12.0 Å². The molecule has 12 nitrogen and oxygen atoms in total. The van der Waals surface area contributed by atoms with Gasteiger partial charge in [0, 0.05) is 30.5 Å². The maximum absolute atomic E-state index is 13.3. The topological polar surface area (TPSA) is 150 Å². The highest BCUT2D eigenvalue weighted by atomic mass is 16.5. The minimum Gasteiger partial charge on any atom is -0.453 e. The smallest absolute Gasteiger partial charge is 0.407 e. The summed E-state index contributed by atoms with van der Waals surface area (Å²) in [7, 11) is 1.24. The largest absolute Gasteiger partial charge is 0.453 e. The Balaban J connectivity index is 1.07. The van der Waals surface area contributed by atoms with Crippen molar-refractivity contribution in [1.82, 2.24) is 20.1 Å². The molecule has 5 amide bonds. The maximum atomic E-state index is 13.3. The Morgan fingerprint density at radius 2 is 1.44 bits per heavy atom.